The smallest absolute Gasteiger partial charge is 0.282 e. The second-order valence-electron chi connectivity index (χ2n) is 5.33. The molecular weight excluding hydrogens is 262 g/mol. The summed E-state index contributed by atoms with van der Waals surface area (Å²) in [5, 5.41) is 0. The van der Waals surface area contributed by atoms with Crippen LogP contribution < -0.4 is 5.73 Å². The van der Waals surface area contributed by atoms with Gasteiger partial charge in [0.2, 0.25) is 0 Å². The van der Waals surface area contributed by atoms with Gasteiger partial charge in [0.05, 0.1) is 0 Å². The maximum Gasteiger partial charge on any atom is 0.282 e. The maximum atomic E-state index is 12.8. The predicted molar refractivity (Wildman–Crippen MR) is 79.1 cm³/mol. The van der Waals surface area contributed by atoms with Crippen LogP contribution in [-0.2, 0) is 10.2 Å². The summed E-state index contributed by atoms with van der Waals surface area (Å²) in [6, 6.07) is 0.163. The average Bonchev–Trinajstić information content (AvgIpc) is 2.39. The second-order valence-corrected chi connectivity index (χ2v) is 7.17. The molecule has 1 heterocycles. The molecule has 0 aliphatic carbocycles. The van der Waals surface area contributed by atoms with E-state index >= 15 is 0 Å². The molecule has 0 aromatic heterocycles. The molecule has 0 aromatic carbocycles. The first-order valence-electron chi connectivity index (χ1n) is 7.47. The molecule has 1 aliphatic heterocycles. The van der Waals surface area contributed by atoms with Gasteiger partial charge in [-0.25, -0.2) is 0 Å². The lowest BCUT2D eigenvalue weighted by molar-refractivity contribution is 0.224. The van der Waals surface area contributed by atoms with E-state index in [4.69, 9.17) is 5.73 Å². The number of piperidine rings is 1. The van der Waals surface area contributed by atoms with Crippen LogP contribution in [0.3, 0.4) is 0 Å². The van der Waals surface area contributed by atoms with E-state index < -0.39 is 10.2 Å². The van der Waals surface area contributed by atoms with Gasteiger partial charge in [0.25, 0.3) is 10.2 Å². The predicted octanol–water partition coefficient (Wildman–Crippen LogP) is 1.55. The third-order valence-corrected chi connectivity index (χ3v) is 6.24. The fraction of sp³-hybridized carbons (Fsp3) is 1.00. The summed E-state index contributed by atoms with van der Waals surface area (Å²) in [5.74, 6) is 0. The molecule has 0 bridgehead atoms. The number of nitrogens with two attached hydrogens (primary N) is 1. The Bertz CT molecular complexity index is 355. The van der Waals surface area contributed by atoms with E-state index in [0.717, 1.165) is 32.1 Å². The minimum absolute atomic E-state index is 0.0580. The molecule has 0 spiro atoms. The molecule has 114 valence electrons. The average molecular weight is 291 g/mol. The van der Waals surface area contributed by atoms with Crippen molar-refractivity contribution in [1.82, 2.24) is 8.61 Å². The Kier molecular flexibility index (Phi) is 6.73. The van der Waals surface area contributed by atoms with Gasteiger partial charge in [0, 0.05) is 31.7 Å². The van der Waals surface area contributed by atoms with Gasteiger partial charge < -0.3 is 5.73 Å². The van der Waals surface area contributed by atoms with Crippen LogP contribution in [0.25, 0.3) is 0 Å². The van der Waals surface area contributed by atoms with Gasteiger partial charge >= 0.3 is 0 Å². The first-order chi connectivity index (χ1) is 8.98. The van der Waals surface area contributed by atoms with Crippen LogP contribution in [0, 0.1) is 0 Å². The molecule has 1 saturated heterocycles. The van der Waals surface area contributed by atoms with Crippen molar-refractivity contribution in [2.45, 2.75) is 65.0 Å². The number of hydrogen-bond donors (Lipinski definition) is 1. The molecule has 1 unspecified atom stereocenters. The lowest BCUT2D eigenvalue weighted by Crippen LogP contribution is -2.53. The van der Waals surface area contributed by atoms with Crippen molar-refractivity contribution in [3.8, 4) is 0 Å². The van der Waals surface area contributed by atoms with Crippen molar-refractivity contribution in [1.29, 1.82) is 0 Å². The zero-order valence-electron chi connectivity index (χ0n) is 12.5. The highest BCUT2D eigenvalue weighted by Crippen LogP contribution is 2.24. The minimum atomic E-state index is -3.37. The number of rotatable bonds is 7. The van der Waals surface area contributed by atoms with Gasteiger partial charge in [-0.05, 0) is 32.6 Å². The molecule has 19 heavy (non-hydrogen) atoms. The molecular formula is C13H29N3O2S. The lowest BCUT2D eigenvalue weighted by Gasteiger charge is -2.39. The molecule has 0 amide bonds. The molecule has 1 aliphatic rings. The largest absolute Gasteiger partial charge is 0.329 e. The first-order valence-corrected chi connectivity index (χ1v) is 8.87. The zero-order valence-corrected chi connectivity index (χ0v) is 13.3. The molecule has 1 fully saturated rings. The van der Waals surface area contributed by atoms with E-state index in [1.54, 1.807) is 8.61 Å². The molecule has 0 saturated carbocycles. The molecule has 5 nitrogen and oxygen atoms in total. The Morgan fingerprint density at radius 2 is 1.95 bits per heavy atom. The van der Waals surface area contributed by atoms with Crippen molar-refractivity contribution in [3.63, 3.8) is 0 Å². The fourth-order valence-corrected chi connectivity index (χ4v) is 5.06. The van der Waals surface area contributed by atoms with Crippen LogP contribution in [0.4, 0.5) is 0 Å². The topological polar surface area (TPSA) is 66.6 Å². The highest BCUT2D eigenvalue weighted by Gasteiger charge is 2.36. The highest BCUT2D eigenvalue weighted by atomic mass is 32.2. The monoisotopic (exact) mass is 291 g/mol. The summed E-state index contributed by atoms with van der Waals surface area (Å²) < 4.78 is 29.0. The van der Waals surface area contributed by atoms with Gasteiger partial charge in [-0.1, -0.05) is 20.3 Å². The van der Waals surface area contributed by atoms with Gasteiger partial charge in [-0.15, -0.1) is 0 Å². The summed E-state index contributed by atoms with van der Waals surface area (Å²) in [6.07, 6.45) is 4.70. The third kappa shape index (κ3) is 3.90. The van der Waals surface area contributed by atoms with Crippen molar-refractivity contribution < 1.29 is 8.42 Å². The highest BCUT2D eigenvalue weighted by molar-refractivity contribution is 7.86. The van der Waals surface area contributed by atoms with Crippen LogP contribution in [0.15, 0.2) is 0 Å². The van der Waals surface area contributed by atoms with Gasteiger partial charge in [0.15, 0.2) is 0 Å². The summed E-state index contributed by atoms with van der Waals surface area (Å²) in [7, 11) is -3.37. The molecule has 0 radical (unpaired) electrons. The van der Waals surface area contributed by atoms with Gasteiger partial charge in [-0.3, -0.25) is 0 Å². The Morgan fingerprint density at radius 1 is 1.32 bits per heavy atom. The number of hydrogen-bond acceptors (Lipinski definition) is 3. The Labute approximate surface area is 118 Å². The Hall–Kier alpha value is -0.170. The molecule has 1 atom stereocenters. The van der Waals surface area contributed by atoms with E-state index in [0.29, 0.717) is 19.6 Å². The SMILES string of the molecule is CCC(CC)N(CCN)S(=O)(=O)N1CCCCC1C. The Morgan fingerprint density at radius 3 is 2.42 bits per heavy atom. The van der Waals surface area contributed by atoms with Crippen LogP contribution >= 0.6 is 0 Å². The molecule has 2 N–H and O–H groups in total. The van der Waals surface area contributed by atoms with E-state index in [1.807, 2.05) is 20.8 Å². The second kappa shape index (κ2) is 7.57. The summed E-state index contributed by atoms with van der Waals surface area (Å²) in [4.78, 5) is 0. The van der Waals surface area contributed by atoms with Crippen LogP contribution in [0.2, 0.25) is 0 Å². The van der Waals surface area contributed by atoms with Gasteiger partial charge in [-0.2, -0.15) is 17.0 Å². The van der Waals surface area contributed by atoms with Gasteiger partial charge in [0.1, 0.15) is 0 Å². The van der Waals surface area contributed by atoms with Crippen LogP contribution in [-0.4, -0.2) is 48.7 Å². The van der Waals surface area contributed by atoms with E-state index in [-0.39, 0.29) is 12.1 Å². The number of nitrogens with zero attached hydrogens (tertiary/aromatic N) is 2. The van der Waals surface area contributed by atoms with Crippen LogP contribution in [0.1, 0.15) is 52.9 Å². The Balaban J connectivity index is 2.97. The first kappa shape index (κ1) is 16.9. The molecule has 0 aromatic rings. The van der Waals surface area contributed by atoms with Crippen molar-refractivity contribution in [3.05, 3.63) is 0 Å². The third-order valence-electron chi connectivity index (χ3n) is 4.03. The lowest BCUT2D eigenvalue weighted by atomic mass is 10.1. The standard InChI is InChI=1S/C13H29N3O2S/c1-4-13(5-2)16(11-9-14)19(17,18)15-10-7-6-8-12(15)3/h12-13H,4-11,14H2,1-3H3. The maximum absolute atomic E-state index is 12.8. The van der Waals surface area contributed by atoms with Crippen LogP contribution in [0.5, 0.6) is 0 Å². The van der Waals surface area contributed by atoms with Crippen molar-refractivity contribution in [2.24, 2.45) is 5.73 Å². The summed E-state index contributed by atoms with van der Waals surface area (Å²) in [5.41, 5.74) is 5.61. The minimum Gasteiger partial charge on any atom is -0.329 e. The molecule has 6 heteroatoms. The van der Waals surface area contributed by atoms with Crippen molar-refractivity contribution in [2.75, 3.05) is 19.6 Å². The van der Waals surface area contributed by atoms with Crippen molar-refractivity contribution >= 4 is 10.2 Å². The van der Waals surface area contributed by atoms with E-state index in [9.17, 15) is 8.42 Å². The normalized spacial score (nSPS) is 22.3. The fourth-order valence-electron chi connectivity index (χ4n) is 2.86. The summed E-state index contributed by atoms with van der Waals surface area (Å²) >= 11 is 0. The van der Waals surface area contributed by atoms with E-state index in [1.165, 1.54) is 0 Å². The summed E-state index contributed by atoms with van der Waals surface area (Å²) in [6.45, 7) is 7.50. The zero-order chi connectivity index (χ0) is 14.5. The van der Waals surface area contributed by atoms with E-state index in [2.05, 4.69) is 0 Å². The molecule has 1 rings (SSSR count). The quantitative estimate of drug-likeness (QED) is 0.774.